The number of para-hydroxylation sites is 5. The number of piperidine rings is 3. The van der Waals surface area contributed by atoms with Gasteiger partial charge in [0.05, 0.1) is 78.5 Å². The molecule has 8 aliphatic heterocycles. The van der Waals surface area contributed by atoms with Gasteiger partial charge in [0, 0.05) is 140 Å². The van der Waals surface area contributed by atoms with Gasteiger partial charge in [0.1, 0.15) is 12.4 Å². The molecular weight excluding hydrogens is 1490 g/mol. The van der Waals surface area contributed by atoms with Gasteiger partial charge in [-0.2, -0.15) is 0 Å². The minimum Gasteiger partial charge on any atom is -0.497 e. The van der Waals surface area contributed by atoms with Crippen molar-refractivity contribution in [2.45, 2.75) is 117 Å². The van der Waals surface area contributed by atoms with Crippen molar-refractivity contribution in [3.63, 3.8) is 0 Å². The summed E-state index contributed by atoms with van der Waals surface area (Å²) in [4.78, 5) is 66.9. The minimum absolute atomic E-state index is 0.0567. The fraction of sp³-hybridized carbons (Fsp3) is 0.420. The Hall–Kier alpha value is -7.26. The van der Waals surface area contributed by atoms with E-state index < -0.39 is 0 Å². The fourth-order valence-corrected chi connectivity index (χ4v) is 20.2. The number of hydrogen-bond donors (Lipinski definition) is 3. The number of β-amino-alcohol motifs (C(OH)–C–C–N with tert-alkyl or cyclic N) is 1. The molecular formula is C88H107ClN10O8S4. The maximum absolute atomic E-state index is 12.8. The van der Waals surface area contributed by atoms with Crippen LogP contribution >= 0.6 is 58.6 Å². The van der Waals surface area contributed by atoms with Crippen LogP contribution < -0.4 is 30.1 Å². The Balaban J connectivity index is 0.000000130. The summed E-state index contributed by atoms with van der Waals surface area (Å²) in [5, 5.41) is 19.6. The number of benzene rings is 8. The second kappa shape index (κ2) is 40.7. The predicted molar refractivity (Wildman–Crippen MR) is 454 cm³/mol. The highest BCUT2D eigenvalue weighted by Gasteiger charge is 2.32. The number of methoxy groups -OCH3 is 1. The SMILES string of the molecule is CC(=O)c1ccc2c(c1)N(CCCN1CCN(CCO)CC1)c1ccccc1S2.COc1ccc2c(c1)N(CC(C)CN1CCC(O)CC1)c1ccccc1S2.NC(=O)C1CCN(CCCN2c3ccccc3Sc3ccc(Cl)cc32)CC1.O=C(OCCOCCN1CCCCC1)N1c2ccccc2Sc2ccccc21. The quantitative estimate of drug-likeness (QED) is 0.0407. The number of fused-ring (bicyclic) bond motifs is 8. The smallest absolute Gasteiger partial charge is 0.419 e. The van der Waals surface area contributed by atoms with E-state index in [0.717, 1.165) is 186 Å². The summed E-state index contributed by atoms with van der Waals surface area (Å²) in [6.45, 7) is 23.8. The van der Waals surface area contributed by atoms with E-state index in [1.54, 1.807) is 54.2 Å². The van der Waals surface area contributed by atoms with E-state index in [-0.39, 0.29) is 43.0 Å². The van der Waals surface area contributed by atoms with Crippen molar-refractivity contribution in [1.82, 2.24) is 24.5 Å². The van der Waals surface area contributed by atoms with Crippen LogP contribution in [-0.4, -0.2) is 210 Å². The van der Waals surface area contributed by atoms with E-state index in [4.69, 9.17) is 36.7 Å². The van der Waals surface area contributed by atoms with Crippen molar-refractivity contribution in [1.29, 1.82) is 0 Å². The molecule has 8 aliphatic rings. The number of aliphatic hydroxyl groups is 2. The summed E-state index contributed by atoms with van der Waals surface area (Å²) >= 11 is 13.4. The lowest BCUT2D eigenvalue weighted by molar-refractivity contribution is -0.123. The normalized spacial score (nSPS) is 17.4. The Morgan fingerprint density at radius 2 is 0.919 bits per heavy atom. The first-order valence-corrected chi connectivity index (χ1v) is 43.2. The van der Waals surface area contributed by atoms with Crippen LogP contribution in [0.15, 0.2) is 215 Å². The van der Waals surface area contributed by atoms with Crippen molar-refractivity contribution < 1.29 is 38.8 Å². The molecule has 0 saturated carbocycles. The number of rotatable bonds is 23. The van der Waals surface area contributed by atoms with Crippen LogP contribution in [0, 0.1) is 11.8 Å². The first-order valence-electron chi connectivity index (χ1n) is 39.6. The van der Waals surface area contributed by atoms with Gasteiger partial charge in [-0.1, -0.05) is 139 Å². The zero-order valence-electron chi connectivity index (χ0n) is 64.4. The summed E-state index contributed by atoms with van der Waals surface area (Å²) < 4.78 is 16.7. The number of anilines is 8. The van der Waals surface area contributed by atoms with E-state index >= 15 is 0 Å². The van der Waals surface area contributed by atoms with Gasteiger partial charge in [-0.15, -0.1) is 0 Å². The van der Waals surface area contributed by atoms with Crippen molar-refractivity contribution >= 4 is 122 Å². The molecule has 0 aliphatic carbocycles. The van der Waals surface area contributed by atoms with Crippen LogP contribution in [0.25, 0.3) is 0 Å². The van der Waals surface area contributed by atoms with Gasteiger partial charge < -0.3 is 64.5 Å². The molecule has 0 spiro atoms. The highest BCUT2D eigenvalue weighted by molar-refractivity contribution is 8.00. The Morgan fingerprint density at radius 1 is 0.468 bits per heavy atom. The zero-order chi connectivity index (χ0) is 77.0. The molecule has 8 aromatic rings. The standard InChI is InChI=1S/C23H29N3O2S.C22H26N2O3S.C22H28N2O2S.C21H24ClN3OS/c1-18(28)19-7-8-23-21(17-19)26(20-5-2-3-6-22(20)29-23)10-4-9-24-11-13-25(14-12-24)15-16-27;25-22(27-17-16-26-15-14-23-12-6-1-7-13-23)24-18-8-2-4-10-20(18)28-21-11-5-3-9-19(21)24;1-16(14-23-11-9-17(25)10-12-23)15-24-19-5-3-4-6-21(19)27-22-8-7-18(26-2)13-20(22)24;22-16-6-7-20-18(14-16)25(17-4-1-2-5-19(17)27-20)11-3-10-24-12-8-15(9-13-24)21(23)26/h2-3,5-8,17,27H,4,9-16H2,1H3;2-5,8-11H,1,6-7,12-17H2;3-8,13,16-17,25H,9-12,14-15H2,1-2H3;1-2,4-7,14-15H,3,8-13H2,(H2,23,26). The highest BCUT2D eigenvalue weighted by Crippen LogP contribution is 2.53. The monoisotopic (exact) mass is 1590 g/mol. The molecule has 588 valence electrons. The maximum Gasteiger partial charge on any atom is 0.419 e. The number of likely N-dealkylation sites (tertiary alicyclic amines) is 3. The topological polar surface area (TPSA) is 175 Å². The number of hydrogen-bond acceptors (Lipinski definition) is 20. The summed E-state index contributed by atoms with van der Waals surface area (Å²) in [5.41, 5.74) is 15.3. The molecule has 4 fully saturated rings. The van der Waals surface area contributed by atoms with Crippen molar-refractivity contribution in [3.05, 3.63) is 187 Å². The Bertz CT molecular complexity index is 4360. The average Bonchev–Trinajstić information content (AvgIpc) is 0.780. The van der Waals surface area contributed by atoms with Crippen LogP contribution in [0.1, 0.15) is 82.0 Å². The lowest BCUT2D eigenvalue weighted by atomic mass is 9.96. The van der Waals surface area contributed by atoms with Gasteiger partial charge in [-0.25, -0.2) is 9.69 Å². The van der Waals surface area contributed by atoms with E-state index in [1.165, 1.54) is 90.2 Å². The summed E-state index contributed by atoms with van der Waals surface area (Å²) in [7, 11) is 1.73. The lowest BCUT2D eigenvalue weighted by Crippen LogP contribution is -2.47. The molecule has 1 unspecified atom stereocenters. The number of aliphatic hydroxyl groups excluding tert-OH is 2. The summed E-state index contributed by atoms with van der Waals surface area (Å²) in [6.07, 6.45) is 9.15. The number of ketones is 1. The lowest BCUT2D eigenvalue weighted by Gasteiger charge is -2.37. The molecule has 8 heterocycles. The summed E-state index contributed by atoms with van der Waals surface area (Å²) in [6, 6.07) is 60.1. The van der Waals surface area contributed by atoms with E-state index in [2.05, 4.69) is 149 Å². The average molecular weight is 1600 g/mol. The van der Waals surface area contributed by atoms with Gasteiger partial charge in [-0.05, 0) is 207 Å². The number of Topliss-reactive ketones (excluding diaryl/α,β-unsaturated/α-hetero) is 1. The number of amides is 2. The second-order valence-corrected chi connectivity index (χ2v) is 34.4. The third-order valence-electron chi connectivity index (χ3n) is 21.7. The molecule has 23 heteroatoms. The molecule has 16 rings (SSSR count). The zero-order valence-corrected chi connectivity index (χ0v) is 68.4. The van der Waals surface area contributed by atoms with Crippen LogP contribution in [0.4, 0.5) is 50.3 Å². The Morgan fingerprint density at radius 3 is 1.45 bits per heavy atom. The van der Waals surface area contributed by atoms with Gasteiger partial charge in [-0.3, -0.25) is 14.5 Å². The molecule has 4 N–H and O–H groups in total. The third kappa shape index (κ3) is 21.8. The number of halogens is 1. The van der Waals surface area contributed by atoms with E-state index in [9.17, 15) is 19.5 Å². The van der Waals surface area contributed by atoms with Crippen LogP contribution in [0.5, 0.6) is 5.75 Å². The number of nitrogens with two attached hydrogens (primary N) is 1. The van der Waals surface area contributed by atoms with Crippen molar-refractivity contribution in [2.75, 3.05) is 171 Å². The van der Waals surface area contributed by atoms with Crippen molar-refractivity contribution in [3.8, 4) is 5.75 Å². The maximum atomic E-state index is 12.8. The van der Waals surface area contributed by atoms with Crippen LogP contribution in [-0.2, 0) is 14.3 Å². The molecule has 0 radical (unpaired) electrons. The molecule has 18 nitrogen and oxygen atoms in total. The number of ether oxygens (including phenoxy) is 3. The molecule has 4 saturated heterocycles. The second-order valence-electron chi connectivity index (χ2n) is 29.6. The first kappa shape index (κ1) is 81.7. The van der Waals surface area contributed by atoms with E-state index in [1.807, 2.05) is 84.6 Å². The van der Waals surface area contributed by atoms with E-state index in [0.29, 0.717) is 19.1 Å². The molecule has 0 aromatic heterocycles. The number of nitrogens with zero attached hydrogens (tertiary/aromatic N) is 9. The molecule has 111 heavy (non-hydrogen) atoms. The molecule has 2 amide bonds. The van der Waals surface area contributed by atoms with Gasteiger partial charge in [0.25, 0.3) is 0 Å². The molecule has 8 aromatic carbocycles. The number of carbonyl (C=O) groups is 3. The largest absolute Gasteiger partial charge is 0.497 e. The van der Waals surface area contributed by atoms with Gasteiger partial charge in [0.2, 0.25) is 5.91 Å². The minimum atomic E-state index is -0.361. The molecule has 1 atom stereocenters. The van der Waals surface area contributed by atoms with Gasteiger partial charge >= 0.3 is 6.09 Å². The Labute approximate surface area is 678 Å². The van der Waals surface area contributed by atoms with Crippen molar-refractivity contribution in [2.24, 2.45) is 17.6 Å². The summed E-state index contributed by atoms with van der Waals surface area (Å²) in [5.74, 6) is 1.44. The highest BCUT2D eigenvalue weighted by atomic mass is 35.5. The predicted octanol–water partition coefficient (Wildman–Crippen LogP) is 17.3. The number of carbonyl (C=O) groups excluding carboxylic acids is 3. The fourth-order valence-electron chi connectivity index (χ4n) is 15.7. The van der Waals surface area contributed by atoms with Gasteiger partial charge in [0.15, 0.2) is 5.78 Å². The van der Waals surface area contributed by atoms with Crippen LogP contribution in [0.3, 0.4) is 0 Å². The number of piperazine rings is 1. The molecule has 0 bridgehead atoms. The number of primary amides is 1. The third-order valence-corrected chi connectivity index (χ3v) is 26.5. The Kier molecular flexibility index (Phi) is 29.9. The first-order chi connectivity index (χ1) is 54.2. The van der Waals surface area contributed by atoms with Crippen LogP contribution in [0.2, 0.25) is 5.02 Å².